The van der Waals surface area contributed by atoms with E-state index in [0.717, 1.165) is 25.3 Å². The molecule has 1 aromatic rings. The van der Waals surface area contributed by atoms with E-state index < -0.39 is 0 Å². The Bertz CT molecular complexity index is 445. The van der Waals surface area contributed by atoms with Crippen molar-refractivity contribution in [1.29, 1.82) is 0 Å². The van der Waals surface area contributed by atoms with E-state index in [0.29, 0.717) is 5.92 Å². The number of hydrogen-bond donors (Lipinski definition) is 0. The number of methoxy groups -OCH3 is 1. The first-order valence-corrected chi connectivity index (χ1v) is 6.85. The quantitative estimate of drug-likeness (QED) is 0.819. The summed E-state index contributed by atoms with van der Waals surface area (Å²) in [6, 6.07) is 8.19. The second-order valence-corrected chi connectivity index (χ2v) is 6.26. The monoisotopic (exact) mass is 261 g/mol. The van der Waals surface area contributed by atoms with Crippen molar-refractivity contribution in [3.63, 3.8) is 0 Å². The number of nitrogens with zero attached hydrogens (tertiary/aromatic N) is 1. The minimum Gasteiger partial charge on any atom is -0.497 e. The number of carbonyl (C=O) groups is 1. The molecule has 1 unspecified atom stereocenters. The Morgan fingerprint density at radius 1 is 1.26 bits per heavy atom. The molecule has 2 rings (SSSR count). The summed E-state index contributed by atoms with van der Waals surface area (Å²) in [5.41, 5.74) is 1.01. The lowest BCUT2D eigenvalue weighted by Gasteiger charge is -2.25. The van der Waals surface area contributed by atoms with Gasteiger partial charge in [-0.2, -0.15) is 0 Å². The van der Waals surface area contributed by atoms with E-state index in [1.54, 1.807) is 7.11 Å². The molecule has 0 spiro atoms. The standard InChI is InChI=1S/C16H23NO2/c1-16(2,3)15(18)17-10-9-13(11-17)12-5-7-14(19-4)8-6-12/h5-8,13H,9-11H2,1-4H3. The highest BCUT2D eigenvalue weighted by Gasteiger charge is 2.33. The Labute approximate surface area is 115 Å². The highest BCUT2D eigenvalue weighted by Crippen LogP contribution is 2.31. The van der Waals surface area contributed by atoms with E-state index in [2.05, 4.69) is 12.1 Å². The molecular weight excluding hydrogens is 238 g/mol. The SMILES string of the molecule is COc1ccc(C2CCN(C(=O)C(C)(C)C)C2)cc1. The minimum absolute atomic E-state index is 0.253. The molecule has 1 atom stereocenters. The van der Waals surface area contributed by atoms with Gasteiger partial charge in [-0.1, -0.05) is 32.9 Å². The summed E-state index contributed by atoms with van der Waals surface area (Å²) in [6.07, 6.45) is 1.05. The molecule has 0 saturated carbocycles. The van der Waals surface area contributed by atoms with Gasteiger partial charge in [-0.25, -0.2) is 0 Å². The Kier molecular flexibility index (Phi) is 3.83. The third-order valence-corrected chi connectivity index (χ3v) is 3.70. The van der Waals surface area contributed by atoms with Crippen molar-refractivity contribution < 1.29 is 9.53 Å². The van der Waals surface area contributed by atoms with Crippen LogP contribution >= 0.6 is 0 Å². The average Bonchev–Trinajstić information content (AvgIpc) is 2.86. The number of amides is 1. The zero-order valence-electron chi connectivity index (χ0n) is 12.3. The largest absolute Gasteiger partial charge is 0.497 e. The summed E-state index contributed by atoms with van der Waals surface area (Å²) in [5, 5.41) is 0. The first-order valence-electron chi connectivity index (χ1n) is 6.85. The lowest BCUT2D eigenvalue weighted by Crippen LogP contribution is -2.37. The van der Waals surface area contributed by atoms with Gasteiger partial charge >= 0.3 is 0 Å². The minimum atomic E-state index is -0.283. The zero-order valence-corrected chi connectivity index (χ0v) is 12.3. The van der Waals surface area contributed by atoms with Crippen molar-refractivity contribution in [1.82, 2.24) is 4.90 Å². The molecule has 0 aromatic heterocycles. The lowest BCUT2D eigenvalue weighted by atomic mass is 9.94. The Hall–Kier alpha value is -1.51. The normalized spacial score (nSPS) is 19.6. The van der Waals surface area contributed by atoms with Crippen LogP contribution in [0.5, 0.6) is 5.75 Å². The second-order valence-electron chi connectivity index (χ2n) is 6.26. The Morgan fingerprint density at radius 3 is 2.42 bits per heavy atom. The molecule has 1 amide bonds. The summed E-state index contributed by atoms with van der Waals surface area (Å²) in [4.78, 5) is 14.2. The smallest absolute Gasteiger partial charge is 0.227 e. The molecule has 0 radical (unpaired) electrons. The third-order valence-electron chi connectivity index (χ3n) is 3.70. The first kappa shape index (κ1) is 13.9. The molecule has 1 aliphatic heterocycles. The van der Waals surface area contributed by atoms with Gasteiger partial charge in [0.05, 0.1) is 7.11 Å². The summed E-state index contributed by atoms with van der Waals surface area (Å²) < 4.78 is 5.17. The number of carbonyl (C=O) groups excluding carboxylic acids is 1. The van der Waals surface area contributed by atoms with Crippen molar-refractivity contribution in [2.45, 2.75) is 33.1 Å². The van der Waals surface area contributed by atoms with Gasteiger partial charge in [0, 0.05) is 24.4 Å². The van der Waals surface area contributed by atoms with Crippen molar-refractivity contribution in [3.8, 4) is 5.75 Å². The number of benzene rings is 1. The molecule has 0 bridgehead atoms. The highest BCUT2D eigenvalue weighted by atomic mass is 16.5. The molecule has 3 heteroatoms. The maximum Gasteiger partial charge on any atom is 0.227 e. The lowest BCUT2D eigenvalue weighted by molar-refractivity contribution is -0.138. The number of likely N-dealkylation sites (tertiary alicyclic amines) is 1. The van der Waals surface area contributed by atoms with E-state index in [-0.39, 0.29) is 11.3 Å². The highest BCUT2D eigenvalue weighted by molar-refractivity contribution is 5.81. The average molecular weight is 261 g/mol. The predicted octanol–water partition coefficient (Wildman–Crippen LogP) is 3.06. The first-order chi connectivity index (χ1) is 8.91. The van der Waals surface area contributed by atoms with Gasteiger partial charge in [0.25, 0.3) is 0 Å². The van der Waals surface area contributed by atoms with Crippen LogP contribution in [0.15, 0.2) is 24.3 Å². The molecule has 19 heavy (non-hydrogen) atoms. The van der Waals surface area contributed by atoms with Crippen LogP contribution in [0.2, 0.25) is 0 Å². The van der Waals surface area contributed by atoms with Crippen LogP contribution in [0.1, 0.15) is 38.7 Å². The van der Waals surface area contributed by atoms with Gasteiger partial charge in [0.1, 0.15) is 5.75 Å². The Balaban J connectivity index is 2.03. The van der Waals surface area contributed by atoms with Crippen LogP contribution < -0.4 is 4.74 Å². The van der Waals surface area contributed by atoms with Crippen molar-refractivity contribution in [2.75, 3.05) is 20.2 Å². The molecular formula is C16H23NO2. The number of ether oxygens (including phenoxy) is 1. The van der Waals surface area contributed by atoms with Crippen LogP contribution in [-0.4, -0.2) is 31.0 Å². The van der Waals surface area contributed by atoms with Crippen LogP contribution in [0.25, 0.3) is 0 Å². The van der Waals surface area contributed by atoms with Crippen LogP contribution in [0.3, 0.4) is 0 Å². The fraction of sp³-hybridized carbons (Fsp3) is 0.562. The summed E-state index contributed by atoms with van der Waals surface area (Å²) in [5.74, 6) is 1.59. The van der Waals surface area contributed by atoms with Crippen LogP contribution in [0.4, 0.5) is 0 Å². The van der Waals surface area contributed by atoms with Crippen LogP contribution in [-0.2, 0) is 4.79 Å². The zero-order chi connectivity index (χ0) is 14.0. The summed E-state index contributed by atoms with van der Waals surface area (Å²) >= 11 is 0. The maximum atomic E-state index is 12.3. The Morgan fingerprint density at radius 2 is 1.89 bits per heavy atom. The molecule has 0 N–H and O–H groups in total. The molecule has 1 saturated heterocycles. The van der Waals surface area contributed by atoms with Gasteiger partial charge in [0.15, 0.2) is 0 Å². The third kappa shape index (κ3) is 3.09. The molecule has 0 aliphatic carbocycles. The second kappa shape index (κ2) is 5.24. The van der Waals surface area contributed by atoms with Crippen molar-refractivity contribution in [2.24, 2.45) is 5.41 Å². The molecule has 1 aliphatic rings. The molecule has 104 valence electrons. The van der Waals surface area contributed by atoms with E-state index in [1.165, 1.54) is 5.56 Å². The van der Waals surface area contributed by atoms with Gasteiger partial charge < -0.3 is 9.64 Å². The molecule has 1 heterocycles. The van der Waals surface area contributed by atoms with Gasteiger partial charge in [-0.15, -0.1) is 0 Å². The predicted molar refractivity (Wildman–Crippen MR) is 76.4 cm³/mol. The fourth-order valence-electron chi connectivity index (χ4n) is 2.57. The van der Waals surface area contributed by atoms with Gasteiger partial charge in [0.2, 0.25) is 5.91 Å². The van der Waals surface area contributed by atoms with E-state index >= 15 is 0 Å². The maximum absolute atomic E-state index is 12.3. The van der Waals surface area contributed by atoms with E-state index in [1.807, 2.05) is 37.8 Å². The van der Waals surface area contributed by atoms with Crippen LogP contribution in [0, 0.1) is 5.41 Å². The van der Waals surface area contributed by atoms with E-state index in [4.69, 9.17) is 4.74 Å². The fourth-order valence-corrected chi connectivity index (χ4v) is 2.57. The number of rotatable bonds is 2. The molecule has 1 fully saturated rings. The van der Waals surface area contributed by atoms with Gasteiger partial charge in [-0.05, 0) is 24.1 Å². The van der Waals surface area contributed by atoms with E-state index in [9.17, 15) is 4.79 Å². The summed E-state index contributed by atoms with van der Waals surface area (Å²) in [7, 11) is 1.67. The van der Waals surface area contributed by atoms with Gasteiger partial charge in [-0.3, -0.25) is 4.79 Å². The molecule has 1 aromatic carbocycles. The van der Waals surface area contributed by atoms with Crippen molar-refractivity contribution >= 4 is 5.91 Å². The van der Waals surface area contributed by atoms with Crippen molar-refractivity contribution in [3.05, 3.63) is 29.8 Å². The summed E-state index contributed by atoms with van der Waals surface area (Å²) in [6.45, 7) is 7.65. The molecule has 3 nitrogen and oxygen atoms in total. The number of hydrogen-bond acceptors (Lipinski definition) is 2. The topological polar surface area (TPSA) is 29.5 Å².